The summed E-state index contributed by atoms with van der Waals surface area (Å²) in [5.41, 5.74) is 0. The third-order valence-corrected chi connectivity index (χ3v) is 7.30. The van der Waals surface area contributed by atoms with Crippen LogP contribution in [0.15, 0.2) is 24.3 Å². The average Bonchev–Trinajstić information content (AvgIpc) is 2.98. The van der Waals surface area contributed by atoms with Gasteiger partial charge in [0.15, 0.2) is 12.6 Å². The van der Waals surface area contributed by atoms with Crippen LogP contribution < -0.4 is 0 Å². The molecule has 0 N–H and O–H groups in total. The first kappa shape index (κ1) is 39.7. The SMILES string of the molecule is CCCCCOC(C=CCCCCCCCCCC=O)OC(C=CCCCCCCCCCC=O)OCCCCC. The molecule has 0 saturated carbocycles. The zero-order chi connectivity index (χ0) is 29.9. The minimum absolute atomic E-state index is 0.385. The van der Waals surface area contributed by atoms with Crippen LogP contribution >= 0.6 is 0 Å². The van der Waals surface area contributed by atoms with Gasteiger partial charge in [-0.1, -0.05) is 116 Å². The highest BCUT2D eigenvalue weighted by Crippen LogP contribution is 2.14. The van der Waals surface area contributed by atoms with Crippen molar-refractivity contribution < 1.29 is 23.8 Å². The normalized spacial score (nSPS) is 13.3. The van der Waals surface area contributed by atoms with Crippen molar-refractivity contribution in [1.82, 2.24) is 0 Å². The molecule has 0 spiro atoms. The lowest BCUT2D eigenvalue weighted by Gasteiger charge is -2.21. The molecule has 0 aromatic rings. The first-order valence-electron chi connectivity index (χ1n) is 17.4. The molecule has 240 valence electrons. The van der Waals surface area contributed by atoms with E-state index in [1.54, 1.807) is 0 Å². The van der Waals surface area contributed by atoms with Crippen molar-refractivity contribution in [3.8, 4) is 0 Å². The van der Waals surface area contributed by atoms with E-state index in [1.807, 2.05) is 0 Å². The second-order valence-corrected chi connectivity index (χ2v) is 11.3. The van der Waals surface area contributed by atoms with Gasteiger partial charge in [0.25, 0.3) is 0 Å². The highest BCUT2D eigenvalue weighted by atomic mass is 16.8. The Morgan fingerprint density at radius 2 is 0.780 bits per heavy atom. The van der Waals surface area contributed by atoms with Gasteiger partial charge in [0.1, 0.15) is 12.6 Å². The Kier molecular flexibility index (Phi) is 33.8. The molecular weight excluding hydrogens is 512 g/mol. The summed E-state index contributed by atoms with van der Waals surface area (Å²) in [5.74, 6) is 0. The minimum Gasteiger partial charge on any atom is -0.349 e. The van der Waals surface area contributed by atoms with Crippen LogP contribution in [0.25, 0.3) is 0 Å². The molecular formula is C36H66O5. The Balaban J connectivity index is 4.57. The van der Waals surface area contributed by atoms with Crippen LogP contribution in [0.5, 0.6) is 0 Å². The standard InChI is InChI=1S/C36H66O5/c1-3-5-27-33-39-35(29-23-19-15-11-7-9-13-17-21-25-31-37)41-36(40-34-28-6-4-2)30-24-20-16-12-8-10-14-18-22-26-32-38/h23-24,29-32,35-36H,3-22,25-28,33-34H2,1-2H3. The van der Waals surface area contributed by atoms with Gasteiger partial charge in [0.2, 0.25) is 0 Å². The van der Waals surface area contributed by atoms with Gasteiger partial charge in [0.05, 0.1) is 13.2 Å². The Morgan fingerprint density at radius 3 is 1.12 bits per heavy atom. The highest BCUT2D eigenvalue weighted by Gasteiger charge is 2.13. The number of ether oxygens (including phenoxy) is 3. The van der Waals surface area contributed by atoms with E-state index in [9.17, 15) is 9.59 Å². The van der Waals surface area contributed by atoms with Crippen LogP contribution in [0.2, 0.25) is 0 Å². The van der Waals surface area contributed by atoms with Gasteiger partial charge in [-0.3, -0.25) is 0 Å². The number of unbranched alkanes of at least 4 members (excludes halogenated alkanes) is 20. The topological polar surface area (TPSA) is 61.8 Å². The Labute approximate surface area is 254 Å². The second-order valence-electron chi connectivity index (χ2n) is 11.3. The van der Waals surface area contributed by atoms with E-state index >= 15 is 0 Å². The second kappa shape index (κ2) is 34.9. The van der Waals surface area contributed by atoms with Crippen molar-refractivity contribution >= 4 is 12.6 Å². The van der Waals surface area contributed by atoms with Gasteiger partial charge in [-0.2, -0.15) is 0 Å². The third kappa shape index (κ3) is 31.5. The van der Waals surface area contributed by atoms with Gasteiger partial charge in [-0.15, -0.1) is 0 Å². The van der Waals surface area contributed by atoms with Crippen LogP contribution in [-0.2, 0) is 23.8 Å². The Hall–Kier alpha value is -1.30. The van der Waals surface area contributed by atoms with Crippen LogP contribution in [0.1, 0.15) is 168 Å². The molecule has 5 heteroatoms. The molecule has 0 amide bonds. The molecule has 0 aliphatic heterocycles. The van der Waals surface area contributed by atoms with Crippen LogP contribution in [0.4, 0.5) is 0 Å². The van der Waals surface area contributed by atoms with E-state index in [4.69, 9.17) is 14.2 Å². The van der Waals surface area contributed by atoms with Gasteiger partial charge in [-0.05, 0) is 63.5 Å². The van der Waals surface area contributed by atoms with Gasteiger partial charge in [-0.25, -0.2) is 0 Å². The molecule has 0 aromatic heterocycles. The molecule has 0 aromatic carbocycles. The van der Waals surface area contributed by atoms with E-state index in [0.717, 1.165) is 51.1 Å². The molecule has 0 bridgehead atoms. The van der Waals surface area contributed by atoms with E-state index in [2.05, 4.69) is 38.2 Å². The summed E-state index contributed by atoms with van der Waals surface area (Å²) in [4.78, 5) is 20.8. The van der Waals surface area contributed by atoms with Crippen LogP contribution in [0.3, 0.4) is 0 Å². The van der Waals surface area contributed by atoms with E-state index in [0.29, 0.717) is 26.1 Å². The number of carbonyl (C=O) groups excluding carboxylic acids is 2. The Bertz CT molecular complexity index is 539. The summed E-state index contributed by atoms with van der Waals surface area (Å²) in [6.45, 7) is 5.82. The number of hydrogen-bond donors (Lipinski definition) is 0. The molecule has 0 aliphatic carbocycles. The number of allylic oxidation sites excluding steroid dienone is 2. The lowest BCUT2D eigenvalue weighted by atomic mass is 10.1. The van der Waals surface area contributed by atoms with Crippen molar-refractivity contribution in [1.29, 1.82) is 0 Å². The van der Waals surface area contributed by atoms with E-state index in [-0.39, 0.29) is 12.6 Å². The molecule has 0 rings (SSSR count). The fraction of sp³-hybridized carbons (Fsp3) is 0.833. The van der Waals surface area contributed by atoms with E-state index in [1.165, 1.54) is 103 Å². The highest BCUT2D eigenvalue weighted by molar-refractivity contribution is 5.49. The molecule has 5 nitrogen and oxygen atoms in total. The molecule has 2 atom stereocenters. The summed E-state index contributed by atoms with van der Waals surface area (Å²) >= 11 is 0. The lowest BCUT2D eigenvalue weighted by Crippen LogP contribution is -2.25. The van der Waals surface area contributed by atoms with E-state index < -0.39 is 0 Å². The zero-order valence-corrected chi connectivity index (χ0v) is 27.0. The summed E-state index contributed by atoms with van der Waals surface area (Å²) in [6, 6.07) is 0. The molecule has 0 saturated heterocycles. The maximum atomic E-state index is 10.4. The minimum atomic E-state index is -0.385. The third-order valence-electron chi connectivity index (χ3n) is 7.30. The summed E-state index contributed by atoms with van der Waals surface area (Å²) in [5, 5.41) is 0. The molecule has 0 aliphatic rings. The number of hydrogen-bond acceptors (Lipinski definition) is 5. The predicted octanol–water partition coefficient (Wildman–Crippen LogP) is 10.6. The number of aldehydes is 2. The maximum Gasteiger partial charge on any atom is 0.180 e. The number of rotatable bonds is 34. The lowest BCUT2D eigenvalue weighted by molar-refractivity contribution is -0.208. The van der Waals surface area contributed by atoms with Crippen molar-refractivity contribution in [2.45, 2.75) is 181 Å². The molecule has 0 heterocycles. The van der Waals surface area contributed by atoms with Crippen LogP contribution in [0, 0.1) is 0 Å². The monoisotopic (exact) mass is 578 g/mol. The average molecular weight is 579 g/mol. The first-order valence-corrected chi connectivity index (χ1v) is 17.4. The summed E-state index contributed by atoms with van der Waals surface area (Å²) in [7, 11) is 0. The van der Waals surface area contributed by atoms with Gasteiger partial charge >= 0.3 is 0 Å². The summed E-state index contributed by atoms with van der Waals surface area (Å²) in [6.07, 6.45) is 37.0. The predicted molar refractivity (Wildman–Crippen MR) is 173 cm³/mol. The number of carbonyl (C=O) groups is 2. The fourth-order valence-electron chi connectivity index (χ4n) is 4.68. The van der Waals surface area contributed by atoms with Crippen molar-refractivity contribution in [3.63, 3.8) is 0 Å². The molecule has 41 heavy (non-hydrogen) atoms. The largest absolute Gasteiger partial charge is 0.349 e. The summed E-state index contributed by atoms with van der Waals surface area (Å²) < 4.78 is 18.6. The van der Waals surface area contributed by atoms with Crippen LogP contribution in [-0.4, -0.2) is 38.4 Å². The Morgan fingerprint density at radius 1 is 0.439 bits per heavy atom. The van der Waals surface area contributed by atoms with Crippen molar-refractivity contribution in [3.05, 3.63) is 24.3 Å². The first-order chi connectivity index (χ1) is 20.3. The fourth-order valence-corrected chi connectivity index (χ4v) is 4.68. The van der Waals surface area contributed by atoms with Crippen molar-refractivity contribution in [2.24, 2.45) is 0 Å². The van der Waals surface area contributed by atoms with Gasteiger partial charge < -0.3 is 23.8 Å². The molecule has 0 radical (unpaired) electrons. The molecule has 0 fully saturated rings. The van der Waals surface area contributed by atoms with Gasteiger partial charge in [0, 0.05) is 12.8 Å². The quantitative estimate of drug-likeness (QED) is 0.0329. The maximum absolute atomic E-state index is 10.4. The van der Waals surface area contributed by atoms with Crippen molar-refractivity contribution in [2.75, 3.05) is 13.2 Å². The molecule has 2 unspecified atom stereocenters. The smallest absolute Gasteiger partial charge is 0.180 e. The zero-order valence-electron chi connectivity index (χ0n) is 27.0.